The van der Waals surface area contributed by atoms with Crippen molar-refractivity contribution in [1.82, 2.24) is 4.90 Å². The highest BCUT2D eigenvalue weighted by Crippen LogP contribution is 2.34. The van der Waals surface area contributed by atoms with E-state index in [9.17, 15) is 4.79 Å². The summed E-state index contributed by atoms with van der Waals surface area (Å²) in [6, 6.07) is 20.5. The molecule has 0 spiro atoms. The number of para-hydroxylation sites is 1. The summed E-state index contributed by atoms with van der Waals surface area (Å²) in [6.45, 7) is 0.772. The van der Waals surface area contributed by atoms with Crippen LogP contribution < -0.4 is 4.90 Å². The third-order valence-corrected chi connectivity index (χ3v) is 4.83. The third-order valence-electron chi connectivity index (χ3n) is 4.83. The van der Waals surface area contributed by atoms with E-state index in [1.165, 1.54) is 11.1 Å². The highest BCUT2D eigenvalue weighted by molar-refractivity contribution is 5.94. The molecule has 0 saturated carbocycles. The van der Waals surface area contributed by atoms with E-state index >= 15 is 0 Å². The van der Waals surface area contributed by atoms with E-state index in [4.69, 9.17) is 5.26 Å². The molecule has 25 heavy (non-hydrogen) atoms. The lowest BCUT2D eigenvalue weighted by atomic mass is 10.1. The summed E-state index contributed by atoms with van der Waals surface area (Å²) in [5.41, 5.74) is 3.57. The van der Waals surface area contributed by atoms with Crippen LogP contribution in [0.2, 0.25) is 0 Å². The van der Waals surface area contributed by atoms with Gasteiger partial charge in [0.15, 0.2) is 0 Å². The predicted molar refractivity (Wildman–Crippen MR) is 99.2 cm³/mol. The van der Waals surface area contributed by atoms with Gasteiger partial charge in [-0.2, -0.15) is 5.26 Å². The van der Waals surface area contributed by atoms with Gasteiger partial charge in [0, 0.05) is 18.3 Å². The molecular weight excluding hydrogens is 310 g/mol. The molecule has 0 N–H and O–H groups in total. The summed E-state index contributed by atoms with van der Waals surface area (Å²) in [5, 5.41) is 8.91. The fourth-order valence-electron chi connectivity index (χ4n) is 3.57. The number of nitriles is 1. The van der Waals surface area contributed by atoms with Gasteiger partial charge in [-0.25, -0.2) is 0 Å². The van der Waals surface area contributed by atoms with E-state index < -0.39 is 0 Å². The normalized spacial score (nSPS) is 15.6. The average Bonchev–Trinajstić information content (AvgIpc) is 3.07. The lowest BCUT2D eigenvalue weighted by molar-refractivity contribution is -0.120. The van der Waals surface area contributed by atoms with E-state index in [1.807, 2.05) is 37.4 Å². The van der Waals surface area contributed by atoms with Gasteiger partial charge in [0.25, 0.3) is 0 Å². The molecule has 1 amide bonds. The zero-order chi connectivity index (χ0) is 17.6. The topological polar surface area (TPSA) is 47.3 Å². The first-order valence-electron chi connectivity index (χ1n) is 8.71. The molecule has 4 heteroatoms. The van der Waals surface area contributed by atoms with Gasteiger partial charge in [0.1, 0.15) is 0 Å². The number of carbonyl (C=O) groups excluding carboxylic acids is 1. The highest BCUT2D eigenvalue weighted by atomic mass is 16.2. The number of anilines is 1. The van der Waals surface area contributed by atoms with E-state index in [-0.39, 0.29) is 11.9 Å². The van der Waals surface area contributed by atoms with Crippen LogP contribution >= 0.6 is 0 Å². The van der Waals surface area contributed by atoms with Crippen molar-refractivity contribution in [1.29, 1.82) is 5.26 Å². The maximum absolute atomic E-state index is 12.9. The van der Waals surface area contributed by atoms with E-state index in [0.717, 1.165) is 18.5 Å². The van der Waals surface area contributed by atoms with Crippen LogP contribution in [-0.4, -0.2) is 30.9 Å². The van der Waals surface area contributed by atoms with Gasteiger partial charge in [0.05, 0.1) is 19.0 Å². The monoisotopic (exact) mass is 333 g/mol. The molecule has 1 aliphatic rings. The second kappa shape index (κ2) is 7.96. The molecule has 0 radical (unpaired) electrons. The molecule has 128 valence electrons. The lowest BCUT2D eigenvalue weighted by Crippen LogP contribution is -2.40. The maximum Gasteiger partial charge on any atom is 0.241 e. The average molecular weight is 333 g/mol. The summed E-state index contributed by atoms with van der Waals surface area (Å²) in [7, 11) is 2.01. The molecule has 0 fully saturated rings. The Balaban J connectivity index is 1.72. The molecule has 2 aromatic rings. The highest BCUT2D eigenvalue weighted by Gasteiger charge is 2.27. The molecule has 4 nitrogen and oxygen atoms in total. The molecule has 0 heterocycles. The number of amides is 1. The van der Waals surface area contributed by atoms with Gasteiger partial charge >= 0.3 is 0 Å². The molecule has 0 saturated heterocycles. The van der Waals surface area contributed by atoms with Crippen molar-refractivity contribution < 1.29 is 4.79 Å². The number of hydrogen-bond donors (Lipinski definition) is 0. The number of carbonyl (C=O) groups is 1. The van der Waals surface area contributed by atoms with Gasteiger partial charge in [-0.05, 0) is 43.1 Å². The summed E-state index contributed by atoms with van der Waals surface area (Å²) < 4.78 is 0. The molecule has 3 rings (SSSR count). The summed E-state index contributed by atoms with van der Waals surface area (Å²) in [6.07, 6.45) is 2.44. The van der Waals surface area contributed by atoms with Crippen molar-refractivity contribution in [3.05, 3.63) is 65.7 Å². The Kier molecular flexibility index (Phi) is 5.47. The van der Waals surface area contributed by atoms with Crippen molar-refractivity contribution >= 4 is 11.6 Å². The quantitative estimate of drug-likeness (QED) is 0.812. The Morgan fingerprint density at radius 1 is 1.16 bits per heavy atom. The van der Waals surface area contributed by atoms with Crippen molar-refractivity contribution in [3.8, 4) is 6.07 Å². The first-order valence-corrected chi connectivity index (χ1v) is 8.71. The second-order valence-corrected chi connectivity index (χ2v) is 6.46. The van der Waals surface area contributed by atoms with Gasteiger partial charge in [-0.15, -0.1) is 0 Å². The van der Waals surface area contributed by atoms with Crippen LogP contribution in [0.4, 0.5) is 5.69 Å². The van der Waals surface area contributed by atoms with Crippen molar-refractivity contribution in [2.75, 3.05) is 25.0 Å². The van der Waals surface area contributed by atoms with Crippen LogP contribution in [0, 0.1) is 11.3 Å². The zero-order valence-electron chi connectivity index (χ0n) is 14.6. The first-order chi connectivity index (χ1) is 12.2. The largest absolute Gasteiger partial charge is 0.310 e. The number of fused-ring (bicyclic) bond motifs is 1. The van der Waals surface area contributed by atoms with Crippen LogP contribution in [0.5, 0.6) is 0 Å². The summed E-state index contributed by atoms with van der Waals surface area (Å²) >= 11 is 0. The van der Waals surface area contributed by atoms with Gasteiger partial charge < -0.3 is 4.90 Å². The van der Waals surface area contributed by atoms with Crippen LogP contribution in [0.3, 0.4) is 0 Å². The van der Waals surface area contributed by atoms with Gasteiger partial charge in [0.2, 0.25) is 5.91 Å². The second-order valence-electron chi connectivity index (χ2n) is 6.46. The molecular formula is C21H23N3O. The van der Waals surface area contributed by atoms with Crippen molar-refractivity contribution in [2.24, 2.45) is 0 Å². The Morgan fingerprint density at radius 2 is 1.88 bits per heavy atom. The number of nitrogens with zero attached hydrogens (tertiary/aromatic N) is 3. The molecule has 1 atom stereocenters. The number of aryl methyl sites for hydroxylation is 1. The van der Waals surface area contributed by atoms with E-state index in [2.05, 4.69) is 35.2 Å². The standard InChI is InChI=1S/C21H23N3O/c1-23(20-13-12-17-8-5-6-11-19(17)20)16-21(25)24(15-7-14-22)18-9-3-2-4-10-18/h2-6,8-11,20H,7,12-13,15-16H2,1H3/t20-/m0/s1. The Labute approximate surface area is 149 Å². The third kappa shape index (κ3) is 3.89. The summed E-state index contributed by atoms with van der Waals surface area (Å²) in [4.78, 5) is 16.8. The Hall–Kier alpha value is -2.64. The van der Waals surface area contributed by atoms with Gasteiger partial charge in [-0.3, -0.25) is 9.69 Å². The van der Waals surface area contributed by atoms with Crippen molar-refractivity contribution in [3.63, 3.8) is 0 Å². The molecule has 0 aliphatic heterocycles. The molecule has 0 aromatic heterocycles. The smallest absolute Gasteiger partial charge is 0.241 e. The zero-order valence-corrected chi connectivity index (χ0v) is 14.6. The fourth-order valence-corrected chi connectivity index (χ4v) is 3.57. The minimum absolute atomic E-state index is 0.0355. The van der Waals surface area contributed by atoms with Crippen LogP contribution in [-0.2, 0) is 11.2 Å². The van der Waals surface area contributed by atoms with Crippen LogP contribution in [0.1, 0.15) is 30.0 Å². The number of rotatable bonds is 6. The van der Waals surface area contributed by atoms with Crippen LogP contribution in [0.25, 0.3) is 0 Å². The Morgan fingerprint density at radius 3 is 2.64 bits per heavy atom. The lowest BCUT2D eigenvalue weighted by Gasteiger charge is -2.28. The van der Waals surface area contributed by atoms with E-state index in [1.54, 1.807) is 4.90 Å². The predicted octanol–water partition coefficient (Wildman–Crippen LogP) is 3.55. The Bertz CT molecular complexity index is 766. The molecule has 2 aromatic carbocycles. The summed E-state index contributed by atoms with van der Waals surface area (Å²) in [5.74, 6) is 0.0355. The van der Waals surface area contributed by atoms with Gasteiger partial charge in [-0.1, -0.05) is 42.5 Å². The fraction of sp³-hybridized carbons (Fsp3) is 0.333. The van der Waals surface area contributed by atoms with Crippen molar-refractivity contribution in [2.45, 2.75) is 25.3 Å². The van der Waals surface area contributed by atoms with E-state index in [0.29, 0.717) is 19.5 Å². The molecule has 0 unspecified atom stereocenters. The molecule has 1 aliphatic carbocycles. The molecule has 0 bridgehead atoms. The maximum atomic E-state index is 12.9. The minimum atomic E-state index is 0.0355. The first kappa shape index (κ1) is 17.2. The van der Waals surface area contributed by atoms with Crippen LogP contribution in [0.15, 0.2) is 54.6 Å². The number of likely N-dealkylation sites (N-methyl/N-ethyl adjacent to an activating group) is 1. The minimum Gasteiger partial charge on any atom is -0.310 e. The SMILES string of the molecule is CN(CC(=O)N(CCC#N)c1ccccc1)[C@H]1CCc2ccccc21. The number of benzene rings is 2. The number of hydrogen-bond acceptors (Lipinski definition) is 3.